The number of amides is 4. The highest BCUT2D eigenvalue weighted by atomic mass is 16.3. The lowest BCUT2D eigenvalue weighted by Gasteiger charge is -2.24. The fraction of sp³-hybridized carbons (Fsp3) is 0.333. The first-order chi connectivity index (χ1) is 15.7. The van der Waals surface area contributed by atoms with Gasteiger partial charge in [0.1, 0.15) is 11.8 Å². The van der Waals surface area contributed by atoms with Crippen molar-refractivity contribution in [2.45, 2.75) is 31.7 Å². The number of phenolic OH excluding ortho intramolecular Hbond substituents is 1. The summed E-state index contributed by atoms with van der Waals surface area (Å²) in [6, 6.07) is 15.0. The van der Waals surface area contributed by atoms with Crippen molar-refractivity contribution < 1.29 is 24.3 Å². The van der Waals surface area contributed by atoms with Crippen LogP contribution >= 0.6 is 0 Å². The highest BCUT2D eigenvalue weighted by Crippen LogP contribution is 2.10. The van der Waals surface area contributed by atoms with Crippen LogP contribution in [-0.4, -0.2) is 59.8 Å². The molecule has 9 nitrogen and oxygen atoms in total. The minimum atomic E-state index is -0.887. The Morgan fingerprint density at radius 1 is 0.939 bits per heavy atom. The summed E-state index contributed by atoms with van der Waals surface area (Å²) < 4.78 is 0. The van der Waals surface area contributed by atoms with Gasteiger partial charge in [0, 0.05) is 32.9 Å². The lowest BCUT2D eigenvalue weighted by atomic mass is 10.0. The van der Waals surface area contributed by atoms with E-state index < -0.39 is 23.8 Å². The summed E-state index contributed by atoms with van der Waals surface area (Å²) in [4.78, 5) is 49.7. The van der Waals surface area contributed by atoms with Crippen LogP contribution in [0.5, 0.6) is 5.75 Å². The SMILES string of the molecule is CN(CC(=O)NCCc1ccc(O)cc1)C(=O)[C@H](Cc1ccccc1)NC(=O)CCC(N)=O. The van der Waals surface area contributed by atoms with Crippen LogP contribution in [0.15, 0.2) is 54.6 Å². The number of likely N-dealkylation sites (N-methyl/N-ethyl adjacent to an activating group) is 1. The Morgan fingerprint density at radius 2 is 1.61 bits per heavy atom. The maximum atomic E-state index is 13.0. The van der Waals surface area contributed by atoms with Gasteiger partial charge in [-0.05, 0) is 29.7 Å². The van der Waals surface area contributed by atoms with E-state index in [1.807, 2.05) is 30.3 Å². The number of carbonyl (C=O) groups excluding carboxylic acids is 4. The van der Waals surface area contributed by atoms with Crippen molar-refractivity contribution in [2.24, 2.45) is 5.73 Å². The number of aromatic hydroxyl groups is 1. The maximum Gasteiger partial charge on any atom is 0.245 e. The number of primary amides is 1. The molecule has 0 aliphatic heterocycles. The van der Waals surface area contributed by atoms with Gasteiger partial charge in [-0.25, -0.2) is 0 Å². The maximum absolute atomic E-state index is 13.0. The summed E-state index contributed by atoms with van der Waals surface area (Å²) in [5.41, 5.74) is 6.89. The third kappa shape index (κ3) is 9.42. The molecule has 0 fully saturated rings. The monoisotopic (exact) mass is 454 g/mol. The zero-order valence-corrected chi connectivity index (χ0v) is 18.6. The number of hydrogen-bond acceptors (Lipinski definition) is 5. The van der Waals surface area contributed by atoms with Crippen molar-refractivity contribution >= 4 is 23.6 Å². The van der Waals surface area contributed by atoms with Crippen LogP contribution in [0.25, 0.3) is 0 Å². The molecule has 0 aromatic heterocycles. The van der Waals surface area contributed by atoms with E-state index in [9.17, 15) is 24.3 Å². The molecular weight excluding hydrogens is 424 g/mol. The number of benzene rings is 2. The van der Waals surface area contributed by atoms with E-state index in [-0.39, 0.29) is 37.5 Å². The molecule has 0 spiro atoms. The summed E-state index contributed by atoms with van der Waals surface area (Å²) in [6.45, 7) is 0.208. The van der Waals surface area contributed by atoms with Gasteiger partial charge >= 0.3 is 0 Å². The molecular formula is C24H30N4O5. The lowest BCUT2D eigenvalue weighted by molar-refractivity contribution is -0.138. The van der Waals surface area contributed by atoms with Crippen LogP contribution in [0.3, 0.4) is 0 Å². The molecule has 5 N–H and O–H groups in total. The van der Waals surface area contributed by atoms with E-state index in [1.165, 1.54) is 11.9 Å². The Hall–Kier alpha value is -3.88. The molecule has 0 saturated heterocycles. The molecule has 9 heteroatoms. The number of carbonyl (C=O) groups is 4. The van der Waals surface area contributed by atoms with Crippen molar-refractivity contribution in [1.82, 2.24) is 15.5 Å². The first-order valence-corrected chi connectivity index (χ1v) is 10.7. The Labute approximate surface area is 193 Å². The van der Waals surface area contributed by atoms with Gasteiger partial charge in [-0.15, -0.1) is 0 Å². The predicted molar refractivity (Wildman–Crippen MR) is 123 cm³/mol. The molecule has 0 radical (unpaired) electrons. The van der Waals surface area contributed by atoms with Crippen molar-refractivity contribution in [2.75, 3.05) is 20.1 Å². The van der Waals surface area contributed by atoms with Gasteiger partial charge in [0.15, 0.2) is 0 Å². The highest BCUT2D eigenvalue weighted by Gasteiger charge is 2.25. The van der Waals surface area contributed by atoms with Crippen LogP contribution in [0.1, 0.15) is 24.0 Å². The topological polar surface area (TPSA) is 142 Å². The Bertz CT molecular complexity index is 947. The number of nitrogens with zero attached hydrogens (tertiary/aromatic N) is 1. The fourth-order valence-corrected chi connectivity index (χ4v) is 3.18. The molecule has 4 amide bonds. The summed E-state index contributed by atoms with van der Waals surface area (Å²) in [5, 5.41) is 14.7. The summed E-state index contributed by atoms with van der Waals surface area (Å²) >= 11 is 0. The molecule has 2 aromatic rings. The summed E-state index contributed by atoms with van der Waals surface area (Å²) in [7, 11) is 1.50. The molecule has 0 unspecified atom stereocenters. The first-order valence-electron chi connectivity index (χ1n) is 10.7. The number of hydrogen-bond donors (Lipinski definition) is 4. The van der Waals surface area contributed by atoms with E-state index >= 15 is 0 Å². The molecule has 2 rings (SSSR count). The molecule has 0 heterocycles. The summed E-state index contributed by atoms with van der Waals surface area (Å²) in [5.74, 6) is -1.63. The zero-order chi connectivity index (χ0) is 24.2. The molecule has 0 bridgehead atoms. The quantitative estimate of drug-likeness (QED) is 0.370. The van der Waals surface area contributed by atoms with E-state index in [0.29, 0.717) is 13.0 Å². The van der Waals surface area contributed by atoms with Gasteiger partial charge in [0.25, 0.3) is 0 Å². The largest absolute Gasteiger partial charge is 0.508 e. The predicted octanol–water partition coefficient (Wildman–Crippen LogP) is 0.502. The van der Waals surface area contributed by atoms with Gasteiger partial charge in [0.2, 0.25) is 23.6 Å². The minimum absolute atomic E-state index is 0.114. The minimum Gasteiger partial charge on any atom is -0.508 e. The smallest absolute Gasteiger partial charge is 0.245 e. The Balaban J connectivity index is 1.92. The van der Waals surface area contributed by atoms with Gasteiger partial charge in [0.05, 0.1) is 6.54 Å². The van der Waals surface area contributed by atoms with Crippen LogP contribution < -0.4 is 16.4 Å². The first kappa shape index (κ1) is 25.4. The normalized spacial score (nSPS) is 11.3. The van der Waals surface area contributed by atoms with Crippen molar-refractivity contribution in [3.05, 3.63) is 65.7 Å². The van der Waals surface area contributed by atoms with Gasteiger partial charge in [-0.1, -0.05) is 42.5 Å². The second kappa shape index (κ2) is 12.8. The second-order valence-electron chi connectivity index (χ2n) is 7.74. The van der Waals surface area contributed by atoms with Crippen molar-refractivity contribution in [3.8, 4) is 5.75 Å². The fourth-order valence-electron chi connectivity index (χ4n) is 3.18. The zero-order valence-electron chi connectivity index (χ0n) is 18.6. The third-order valence-electron chi connectivity index (χ3n) is 4.94. The molecule has 0 saturated carbocycles. The second-order valence-corrected chi connectivity index (χ2v) is 7.74. The third-order valence-corrected chi connectivity index (χ3v) is 4.94. The van der Waals surface area contributed by atoms with Crippen LogP contribution in [0.2, 0.25) is 0 Å². The molecule has 0 aliphatic carbocycles. The molecule has 0 aliphatic rings. The van der Waals surface area contributed by atoms with Gasteiger partial charge in [-0.3, -0.25) is 19.2 Å². The highest BCUT2D eigenvalue weighted by molar-refractivity contribution is 5.91. The van der Waals surface area contributed by atoms with Crippen molar-refractivity contribution in [1.29, 1.82) is 0 Å². The molecule has 2 aromatic carbocycles. The van der Waals surface area contributed by atoms with Crippen molar-refractivity contribution in [3.63, 3.8) is 0 Å². The van der Waals surface area contributed by atoms with Gasteiger partial charge < -0.3 is 26.4 Å². The number of nitrogens with one attached hydrogen (secondary N) is 2. The molecule has 1 atom stereocenters. The van der Waals surface area contributed by atoms with E-state index in [1.54, 1.807) is 24.3 Å². The number of nitrogens with two attached hydrogens (primary N) is 1. The molecule has 176 valence electrons. The van der Waals surface area contributed by atoms with Crippen LogP contribution in [-0.2, 0) is 32.0 Å². The number of rotatable bonds is 12. The van der Waals surface area contributed by atoms with Crippen LogP contribution in [0.4, 0.5) is 0 Å². The standard InChI is InChI=1S/C24H30N4O5/c1-28(16-23(32)26-14-13-17-7-9-19(29)10-8-17)24(33)20(15-18-5-3-2-4-6-18)27-22(31)12-11-21(25)30/h2-10,20,29H,11-16H2,1H3,(H2,25,30)(H,26,32)(H,27,31)/t20-/m0/s1. The lowest BCUT2D eigenvalue weighted by Crippen LogP contribution is -2.50. The van der Waals surface area contributed by atoms with Crippen LogP contribution in [0, 0.1) is 0 Å². The summed E-state index contributed by atoms with van der Waals surface area (Å²) in [6.07, 6.45) is 0.595. The van der Waals surface area contributed by atoms with E-state index in [2.05, 4.69) is 10.6 Å². The molecule has 33 heavy (non-hydrogen) atoms. The Morgan fingerprint density at radius 3 is 2.24 bits per heavy atom. The average molecular weight is 455 g/mol. The number of phenols is 1. The van der Waals surface area contributed by atoms with E-state index in [0.717, 1.165) is 11.1 Å². The average Bonchev–Trinajstić information content (AvgIpc) is 2.78. The van der Waals surface area contributed by atoms with Gasteiger partial charge in [-0.2, -0.15) is 0 Å². The Kier molecular flexibility index (Phi) is 9.88. The van der Waals surface area contributed by atoms with E-state index in [4.69, 9.17) is 5.73 Å².